The lowest BCUT2D eigenvalue weighted by Crippen LogP contribution is -2.49. The molecule has 0 unspecified atom stereocenters. The third-order valence-corrected chi connectivity index (χ3v) is 5.34. The number of nitrogens with one attached hydrogen (secondary N) is 2. The summed E-state index contributed by atoms with van der Waals surface area (Å²) < 4.78 is 0. The number of carbonyl (C=O) groups is 1. The minimum absolute atomic E-state index is 0.00374. The van der Waals surface area contributed by atoms with Crippen molar-refractivity contribution in [3.8, 4) is 0 Å². The van der Waals surface area contributed by atoms with Gasteiger partial charge in [-0.25, -0.2) is 4.79 Å². The molecular weight excluding hydrogens is 370 g/mol. The lowest BCUT2D eigenvalue weighted by atomic mass is 10.1. The molecule has 0 spiro atoms. The van der Waals surface area contributed by atoms with Gasteiger partial charge in [-0.05, 0) is 43.2 Å². The zero-order valence-electron chi connectivity index (χ0n) is 16.9. The first-order valence-corrected chi connectivity index (χ1v) is 9.77. The standard InChI is InChI=1S/C21H27N5O3/c1-16-4-3-5-20(17(16)2)25-14-12-24(13-15-25)11-10-22-21(27)23-18-6-8-19(9-7-18)26(28)29/h3-9H,10-15H2,1-2H3,(H2,22,23,27). The summed E-state index contributed by atoms with van der Waals surface area (Å²) in [6.45, 7) is 9.50. The summed E-state index contributed by atoms with van der Waals surface area (Å²) >= 11 is 0. The van der Waals surface area contributed by atoms with Gasteiger partial charge in [0.1, 0.15) is 0 Å². The number of hydrogen-bond donors (Lipinski definition) is 2. The highest BCUT2D eigenvalue weighted by Gasteiger charge is 2.18. The first kappa shape index (κ1) is 20.6. The summed E-state index contributed by atoms with van der Waals surface area (Å²) in [7, 11) is 0. The highest BCUT2D eigenvalue weighted by atomic mass is 16.6. The van der Waals surface area contributed by atoms with Gasteiger partial charge in [0.05, 0.1) is 4.92 Å². The lowest BCUT2D eigenvalue weighted by molar-refractivity contribution is -0.384. The van der Waals surface area contributed by atoms with E-state index in [0.717, 1.165) is 32.7 Å². The summed E-state index contributed by atoms with van der Waals surface area (Å²) in [4.78, 5) is 27.0. The number of non-ortho nitro benzene ring substituents is 1. The van der Waals surface area contributed by atoms with Crippen molar-refractivity contribution in [3.63, 3.8) is 0 Å². The maximum Gasteiger partial charge on any atom is 0.319 e. The molecule has 1 fully saturated rings. The molecule has 2 N–H and O–H groups in total. The van der Waals surface area contributed by atoms with Gasteiger partial charge in [-0.15, -0.1) is 0 Å². The van der Waals surface area contributed by atoms with Crippen molar-refractivity contribution in [2.24, 2.45) is 0 Å². The maximum atomic E-state index is 12.0. The second kappa shape index (κ2) is 9.38. The summed E-state index contributed by atoms with van der Waals surface area (Å²) in [6, 6.07) is 11.9. The zero-order chi connectivity index (χ0) is 20.8. The van der Waals surface area contributed by atoms with Crippen molar-refractivity contribution >= 4 is 23.1 Å². The van der Waals surface area contributed by atoms with Crippen LogP contribution in [0.3, 0.4) is 0 Å². The van der Waals surface area contributed by atoms with E-state index in [9.17, 15) is 14.9 Å². The molecule has 2 amide bonds. The predicted molar refractivity (Wildman–Crippen MR) is 115 cm³/mol. The Hall–Kier alpha value is -3.13. The number of nitro groups is 1. The molecule has 1 heterocycles. The number of rotatable bonds is 6. The Morgan fingerprint density at radius 1 is 1.07 bits per heavy atom. The first-order valence-electron chi connectivity index (χ1n) is 9.77. The molecule has 0 aromatic heterocycles. The van der Waals surface area contributed by atoms with Crippen molar-refractivity contribution in [2.75, 3.05) is 49.5 Å². The van der Waals surface area contributed by atoms with E-state index in [4.69, 9.17) is 0 Å². The van der Waals surface area contributed by atoms with Crippen molar-refractivity contribution in [3.05, 3.63) is 63.7 Å². The van der Waals surface area contributed by atoms with Crippen LogP contribution in [0.15, 0.2) is 42.5 Å². The summed E-state index contributed by atoms with van der Waals surface area (Å²) in [5.41, 5.74) is 4.48. The van der Waals surface area contributed by atoms with Crippen molar-refractivity contribution in [1.29, 1.82) is 0 Å². The van der Waals surface area contributed by atoms with Gasteiger partial charge in [0, 0.05) is 62.8 Å². The van der Waals surface area contributed by atoms with Crippen molar-refractivity contribution < 1.29 is 9.72 Å². The average molecular weight is 397 g/mol. The smallest absolute Gasteiger partial charge is 0.319 e. The molecule has 0 bridgehead atoms. The number of nitrogens with zero attached hydrogens (tertiary/aromatic N) is 3. The fourth-order valence-electron chi connectivity index (χ4n) is 3.46. The molecule has 1 saturated heterocycles. The van der Waals surface area contributed by atoms with E-state index < -0.39 is 4.92 Å². The molecular formula is C21H27N5O3. The number of carbonyl (C=O) groups excluding carboxylic acids is 1. The first-order chi connectivity index (χ1) is 13.9. The monoisotopic (exact) mass is 397 g/mol. The summed E-state index contributed by atoms with van der Waals surface area (Å²) in [5, 5.41) is 16.2. The van der Waals surface area contributed by atoms with E-state index in [2.05, 4.69) is 52.5 Å². The van der Waals surface area contributed by atoms with Crippen LogP contribution in [0.5, 0.6) is 0 Å². The predicted octanol–water partition coefficient (Wildman–Crippen LogP) is 3.16. The topological polar surface area (TPSA) is 90.8 Å². The average Bonchev–Trinajstić information content (AvgIpc) is 2.71. The van der Waals surface area contributed by atoms with Crippen molar-refractivity contribution in [1.82, 2.24) is 10.2 Å². The van der Waals surface area contributed by atoms with Gasteiger partial charge in [0.25, 0.3) is 5.69 Å². The third-order valence-electron chi connectivity index (χ3n) is 5.34. The number of anilines is 2. The van der Waals surface area contributed by atoms with Crippen LogP contribution in [-0.2, 0) is 0 Å². The summed E-state index contributed by atoms with van der Waals surface area (Å²) in [6.07, 6.45) is 0. The molecule has 8 nitrogen and oxygen atoms in total. The molecule has 0 aliphatic carbocycles. The van der Waals surface area contributed by atoms with Crippen LogP contribution in [0.4, 0.5) is 21.9 Å². The number of benzene rings is 2. The highest BCUT2D eigenvalue weighted by molar-refractivity contribution is 5.89. The van der Waals surface area contributed by atoms with Gasteiger partial charge in [0.2, 0.25) is 0 Å². The fourth-order valence-corrected chi connectivity index (χ4v) is 3.46. The molecule has 0 saturated carbocycles. The molecule has 0 atom stereocenters. The minimum atomic E-state index is -0.468. The van der Waals surface area contributed by atoms with Crippen LogP contribution in [0, 0.1) is 24.0 Å². The molecule has 0 radical (unpaired) electrons. The Bertz CT molecular complexity index is 861. The maximum absolute atomic E-state index is 12.0. The summed E-state index contributed by atoms with van der Waals surface area (Å²) in [5.74, 6) is 0. The van der Waals surface area contributed by atoms with Gasteiger partial charge in [-0.2, -0.15) is 0 Å². The Morgan fingerprint density at radius 3 is 2.41 bits per heavy atom. The van der Waals surface area contributed by atoms with Gasteiger partial charge >= 0.3 is 6.03 Å². The van der Waals surface area contributed by atoms with E-state index in [1.54, 1.807) is 0 Å². The Morgan fingerprint density at radius 2 is 1.76 bits per heavy atom. The lowest BCUT2D eigenvalue weighted by Gasteiger charge is -2.37. The second-order valence-corrected chi connectivity index (χ2v) is 7.23. The van der Waals surface area contributed by atoms with E-state index in [1.165, 1.54) is 41.1 Å². The molecule has 3 rings (SSSR count). The zero-order valence-corrected chi connectivity index (χ0v) is 16.9. The van der Waals surface area contributed by atoms with E-state index in [0.29, 0.717) is 12.2 Å². The van der Waals surface area contributed by atoms with Crippen LogP contribution in [0.1, 0.15) is 11.1 Å². The van der Waals surface area contributed by atoms with Crippen LogP contribution >= 0.6 is 0 Å². The van der Waals surface area contributed by atoms with Gasteiger partial charge in [0.15, 0.2) is 0 Å². The van der Waals surface area contributed by atoms with Crippen LogP contribution in [-0.4, -0.2) is 55.1 Å². The second-order valence-electron chi connectivity index (χ2n) is 7.23. The fraction of sp³-hybridized carbons (Fsp3) is 0.381. The molecule has 1 aliphatic heterocycles. The molecule has 8 heteroatoms. The van der Waals surface area contributed by atoms with Gasteiger partial charge < -0.3 is 15.5 Å². The number of piperazine rings is 1. The SMILES string of the molecule is Cc1cccc(N2CCN(CCNC(=O)Nc3ccc([N+](=O)[O-])cc3)CC2)c1C. The molecule has 154 valence electrons. The quantitative estimate of drug-likeness (QED) is 0.577. The Balaban J connectivity index is 1.38. The third kappa shape index (κ3) is 5.45. The van der Waals surface area contributed by atoms with Crippen LogP contribution in [0.25, 0.3) is 0 Å². The molecule has 2 aromatic rings. The Kier molecular flexibility index (Phi) is 6.66. The molecule has 29 heavy (non-hydrogen) atoms. The number of aryl methyl sites for hydroxylation is 1. The highest BCUT2D eigenvalue weighted by Crippen LogP contribution is 2.23. The molecule has 1 aliphatic rings. The number of urea groups is 1. The number of amides is 2. The van der Waals surface area contributed by atoms with E-state index in [1.807, 2.05) is 0 Å². The number of hydrogen-bond acceptors (Lipinski definition) is 5. The van der Waals surface area contributed by atoms with Gasteiger partial charge in [-0.1, -0.05) is 12.1 Å². The Labute approximate surface area is 170 Å². The van der Waals surface area contributed by atoms with E-state index in [-0.39, 0.29) is 11.7 Å². The van der Waals surface area contributed by atoms with E-state index >= 15 is 0 Å². The largest absolute Gasteiger partial charge is 0.369 e. The van der Waals surface area contributed by atoms with Crippen molar-refractivity contribution in [2.45, 2.75) is 13.8 Å². The normalized spacial score (nSPS) is 14.5. The minimum Gasteiger partial charge on any atom is -0.369 e. The van der Waals surface area contributed by atoms with Gasteiger partial charge in [-0.3, -0.25) is 15.0 Å². The molecule has 2 aromatic carbocycles. The number of nitro benzene ring substituents is 1. The van der Waals surface area contributed by atoms with Crippen LogP contribution in [0.2, 0.25) is 0 Å². The van der Waals surface area contributed by atoms with Crippen LogP contribution < -0.4 is 15.5 Å².